The Morgan fingerprint density at radius 1 is 1.03 bits per heavy atom. The lowest BCUT2D eigenvalue weighted by molar-refractivity contribution is 0.0948. The van der Waals surface area contributed by atoms with Crippen LogP contribution in [0.4, 0.5) is 11.4 Å². The third-order valence-corrected chi connectivity index (χ3v) is 6.20. The van der Waals surface area contributed by atoms with E-state index < -0.39 is 0 Å². The van der Waals surface area contributed by atoms with Crippen molar-refractivity contribution in [2.24, 2.45) is 0 Å². The number of anilines is 2. The number of carbonyl (C=O) groups is 1. The van der Waals surface area contributed by atoms with Gasteiger partial charge in [0, 0.05) is 44.6 Å². The quantitative estimate of drug-likeness (QED) is 0.560. The number of rotatable bonds is 8. The van der Waals surface area contributed by atoms with Crippen molar-refractivity contribution in [3.8, 4) is 11.5 Å². The van der Waals surface area contributed by atoms with E-state index in [0.29, 0.717) is 23.6 Å². The van der Waals surface area contributed by atoms with E-state index in [4.69, 9.17) is 9.47 Å². The molecule has 1 amide bonds. The second kappa shape index (κ2) is 9.86. The smallest absolute Gasteiger partial charge is 0.255 e. The maximum Gasteiger partial charge on any atom is 0.255 e. The van der Waals surface area contributed by atoms with Crippen molar-refractivity contribution < 1.29 is 14.3 Å². The first-order valence-corrected chi connectivity index (χ1v) is 11.1. The van der Waals surface area contributed by atoms with E-state index in [1.54, 1.807) is 32.4 Å². The standard InChI is InChI=1S/C27H31N3O3/c1-29(2)21-11-9-20(10-12-21)25(30-16-15-19-7-5-6-8-24(19)30)18-28-27(31)23-14-13-22(32-3)17-26(23)33-4/h5-14,17,25H,15-16,18H2,1-4H3,(H,28,31)/t25-/m0/s1. The topological polar surface area (TPSA) is 54.0 Å². The summed E-state index contributed by atoms with van der Waals surface area (Å²) >= 11 is 0. The van der Waals surface area contributed by atoms with Crippen LogP contribution >= 0.6 is 0 Å². The van der Waals surface area contributed by atoms with Gasteiger partial charge in [0.05, 0.1) is 25.8 Å². The van der Waals surface area contributed by atoms with E-state index >= 15 is 0 Å². The number of nitrogens with zero attached hydrogens (tertiary/aromatic N) is 2. The molecule has 0 bridgehead atoms. The fourth-order valence-corrected chi connectivity index (χ4v) is 4.36. The highest BCUT2D eigenvalue weighted by atomic mass is 16.5. The number of carbonyl (C=O) groups excluding carboxylic acids is 1. The van der Waals surface area contributed by atoms with Crippen LogP contribution in [0.1, 0.15) is 27.5 Å². The molecule has 0 fully saturated rings. The molecule has 4 rings (SSSR count). The second-order valence-corrected chi connectivity index (χ2v) is 8.35. The molecule has 3 aromatic carbocycles. The molecule has 1 atom stereocenters. The Morgan fingerprint density at radius 2 is 1.79 bits per heavy atom. The predicted octanol–water partition coefficient (Wildman–Crippen LogP) is 4.30. The average molecular weight is 446 g/mol. The number of methoxy groups -OCH3 is 2. The van der Waals surface area contributed by atoms with E-state index in [1.807, 2.05) is 14.1 Å². The maximum atomic E-state index is 13.1. The largest absolute Gasteiger partial charge is 0.497 e. The van der Waals surface area contributed by atoms with Crippen LogP contribution in [0.2, 0.25) is 0 Å². The van der Waals surface area contributed by atoms with Crippen LogP contribution in [0.3, 0.4) is 0 Å². The van der Waals surface area contributed by atoms with E-state index in [0.717, 1.165) is 18.7 Å². The van der Waals surface area contributed by atoms with Crippen molar-refractivity contribution in [3.05, 3.63) is 83.4 Å². The molecule has 1 aliphatic rings. The summed E-state index contributed by atoms with van der Waals surface area (Å²) in [4.78, 5) is 17.6. The van der Waals surface area contributed by atoms with Crippen LogP contribution in [-0.4, -0.2) is 47.3 Å². The number of hydrogen-bond acceptors (Lipinski definition) is 5. The number of hydrogen-bond donors (Lipinski definition) is 1. The third kappa shape index (κ3) is 4.75. The molecule has 0 unspecified atom stereocenters. The Kier molecular flexibility index (Phi) is 6.73. The fraction of sp³-hybridized carbons (Fsp3) is 0.296. The van der Waals surface area contributed by atoms with E-state index in [9.17, 15) is 4.79 Å². The first-order valence-electron chi connectivity index (χ1n) is 11.1. The van der Waals surface area contributed by atoms with Gasteiger partial charge in [-0.05, 0) is 47.9 Å². The van der Waals surface area contributed by atoms with Gasteiger partial charge in [-0.2, -0.15) is 0 Å². The van der Waals surface area contributed by atoms with Gasteiger partial charge in [0.25, 0.3) is 5.91 Å². The van der Waals surface area contributed by atoms with Gasteiger partial charge < -0.3 is 24.6 Å². The predicted molar refractivity (Wildman–Crippen MR) is 133 cm³/mol. The molecule has 0 spiro atoms. The van der Waals surface area contributed by atoms with Crippen LogP contribution in [0.15, 0.2) is 66.7 Å². The minimum Gasteiger partial charge on any atom is -0.497 e. The van der Waals surface area contributed by atoms with Gasteiger partial charge in [-0.15, -0.1) is 0 Å². The van der Waals surface area contributed by atoms with Crippen molar-refractivity contribution in [1.82, 2.24) is 5.32 Å². The zero-order chi connectivity index (χ0) is 23.4. The van der Waals surface area contributed by atoms with Crippen molar-refractivity contribution in [3.63, 3.8) is 0 Å². The van der Waals surface area contributed by atoms with E-state index in [-0.39, 0.29) is 11.9 Å². The molecular weight excluding hydrogens is 414 g/mol. The summed E-state index contributed by atoms with van der Waals surface area (Å²) in [6, 6.07) is 22.3. The van der Waals surface area contributed by atoms with Crippen molar-refractivity contribution in [2.45, 2.75) is 12.5 Å². The van der Waals surface area contributed by atoms with Crippen LogP contribution < -0.4 is 24.6 Å². The monoisotopic (exact) mass is 445 g/mol. The zero-order valence-corrected chi connectivity index (χ0v) is 19.7. The molecule has 6 nitrogen and oxygen atoms in total. The molecule has 172 valence electrons. The van der Waals surface area contributed by atoms with Crippen LogP contribution in [-0.2, 0) is 6.42 Å². The molecule has 6 heteroatoms. The lowest BCUT2D eigenvalue weighted by Crippen LogP contribution is -2.37. The minimum atomic E-state index is -0.170. The molecule has 0 saturated heterocycles. The summed E-state index contributed by atoms with van der Waals surface area (Å²) in [6.45, 7) is 1.39. The number of para-hydroxylation sites is 1. The molecule has 0 saturated carbocycles. The molecule has 0 aromatic heterocycles. The van der Waals surface area contributed by atoms with Crippen LogP contribution in [0.5, 0.6) is 11.5 Å². The number of benzene rings is 3. The molecular formula is C27H31N3O3. The lowest BCUT2D eigenvalue weighted by atomic mass is 10.0. The first kappa shape index (κ1) is 22.5. The van der Waals surface area contributed by atoms with Gasteiger partial charge in [0.15, 0.2) is 0 Å². The van der Waals surface area contributed by atoms with E-state index in [1.165, 1.54) is 16.8 Å². The Labute approximate surface area is 195 Å². The molecule has 0 radical (unpaired) electrons. The summed E-state index contributed by atoms with van der Waals surface area (Å²) in [5, 5.41) is 3.14. The SMILES string of the molecule is COc1ccc(C(=O)NC[C@@H](c2ccc(N(C)C)cc2)N2CCc3ccccc32)c(OC)c1. The minimum absolute atomic E-state index is 0.0121. The van der Waals surface area contributed by atoms with Crippen molar-refractivity contribution >= 4 is 17.3 Å². The van der Waals surface area contributed by atoms with Gasteiger partial charge >= 0.3 is 0 Å². The average Bonchev–Trinajstić information content (AvgIpc) is 3.28. The number of amides is 1. The third-order valence-electron chi connectivity index (χ3n) is 6.20. The summed E-state index contributed by atoms with van der Waals surface area (Å²) in [5.41, 5.74) is 5.37. The van der Waals surface area contributed by atoms with Crippen LogP contribution in [0, 0.1) is 0 Å². The lowest BCUT2D eigenvalue weighted by Gasteiger charge is -2.31. The summed E-state index contributed by atoms with van der Waals surface area (Å²) < 4.78 is 10.7. The summed E-state index contributed by atoms with van der Waals surface area (Å²) in [5.74, 6) is 0.970. The highest BCUT2D eigenvalue weighted by Crippen LogP contribution is 2.35. The van der Waals surface area contributed by atoms with Gasteiger partial charge in [-0.25, -0.2) is 0 Å². The van der Waals surface area contributed by atoms with Crippen molar-refractivity contribution in [2.75, 3.05) is 51.2 Å². The number of nitrogens with one attached hydrogen (secondary N) is 1. The normalized spacial score (nSPS) is 13.3. The number of ether oxygens (including phenoxy) is 2. The van der Waals surface area contributed by atoms with Crippen molar-refractivity contribution in [1.29, 1.82) is 0 Å². The van der Waals surface area contributed by atoms with Gasteiger partial charge in [0.2, 0.25) is 0 Å². The second-order valence-electron chi connectivity index (χ2n) is 8.35. The molecule has 33 heavy (non-hydrogen) atoms. The molecule has 1 aliphatic heterocycles. The Hall–Kier alpha value is -3.67. The molecule has 1 heterocycles. The molecule has 1 N–H and O–H groups in total. The van der Waals surface area contributed by atoms with E-state index in [2.05, 4.69) is 63.6 Å². The van der Waals surface area contributed by atoms with Gasteiger partial charge in [0.1, 0.15) is 11.5 Å². The fourth-order valence-electron chi connectivity index (χ4n) is 4.36. The first-order chi connectivity index (χ1) is 16.0. The Morgan fingerprint density at radius 3 is 2.48 bits per heavy atom. The molecule has 0 aliphatic carbocycles. The van der Waals surface area contributed by atoms with Gasteiger partial charge in [-0.3, -0.25) is 4.79 Å². The number of fused-ring (bicyclic) bond motifs is 1. The van der Waals surface area contributed by atoms with Gasteiger partial charge in [-0.1, -0.05) is 30.3 Å². The summed E-state index contributed by atoms with van der Waals surface area (Å²) in [7, 11) is 7.22. The Bertz CT molecular complexity index is 1110. The summed E-state index contributed by atoms with van der Waals surface area (Å²) in [6.07, 6.45) is 1.00. The zero-order valence-electron chi connectivity index (χ0n) is 19.7. The Balaban J connectivity index is 1.60. The highest BCUT2D eigenvalue weighted by molar-refractivity contribution is 5.97. The molecule has 3 aromatic rings. The maximum absolute atomic E-state index is 13.1. The highest BCUT2D eigenvalue weighted by Gasteiger charge is 2.28. The van der Waals surface area contributed by atoms with Crippen LogP contribution in [0.25, 0.3) is 0 Å².